The van der Waals surface area contributed by atoms with Crippen molar-refractivity contribution in [3.05, 3.63) is 0 Å². The van der Waals surface area contributed by atoms with Gasteiger partial charge in [-0.05, 0) is 6.42 Å². The topological polar surface area (TPSA) is 58.2 Å². The average molecular weight is 232 g/mol. The number of unbranched alkanes of at least 4 members (excludes halogenated alkanes) is 3. The van der Waals surface area contributed by atoms with Gasteiger partial charge in [-0.2, -0.15) is 12.6 Å². The first-order valence-corrected chi connectivity index (χ1v) is 6.02. The molecule has 15 heavy (non-hydrogen) atoms. The standard InChI is InChI=1S/C10H20N2O2S/c1-2-3-4-5-6-9(13)12-10(14)11-7-8-15/h15H,2-8H2,1H3,(H2,11,12,13,14). The highest BCUT2D eigenvalue weighted by Crippen LogP contribution is 2.01. The Hall–Kier alpha value is -0.710. The maximum absolute atomic E-state index is 11.2. The zero-order valence-electron chi connectivity index (χ0n) is 9.21. The van der Waals surface area contributed by atoms with Crippen LogP contribution in [0.25, 0.3) is 0 Å². The van der Waals surface area contributed by atoms with E-state index in [1.807, 2.05) is 0 Å². The van der Waals surface area contributed by atoms with Crippen LogP contribution >= 0.6 is 12.6 Å². The van der Waals surface area contributed by atoms with E-state index in [9.17, 15) is 9.59 Å². The van der Waals surface area contributed by atoms with E-state index in [2.05, 4.69) is 30.2 Å². The van der Waals surface area contributed by atoms with E-state index in [0.717, 1.165) is 25.7 Å². The molecule has 0 aromatic carbocycles. The molecule has 0 unspecified atom stereocenters. The minimum absolute atomic E-state index is 0.206. The summed E-state index contributed by atoms with van der Waals surface area (Å²) in [4.78, 5) is 22.2. The highest BCUT2D eigenvalue weighted by atomic mass is 32.1. The van der Waals surface area contributed by atoms with Crippen molar-refractivity contribution < 1.29 is 9.59 Å². The number of hydrogen-bond donors (Lipinski definition) is 3. The quantitative estimate of drug-likeness (QED) is 0.462. The average Bonchev–Trinajstić information content (AvgIpc) is 2.21. The van der Waals surface area contributed by atoms with Crippen LogP contribution in [0.3, 0.4) is 0 Å². The summed E-state index contributed by atoms with van der Waals surface area (Å²) in [6.45, 7) is 2.59. The zero-order valence-corrected chi connectivity index (χ0v) is 10.1. The number of rotatable bonds is 7. The smallest absolute Gasteiger partial charge is 0.321 e. The molecule has 4 nitrogen and oxygen atoms in total. The molecule has 0 aliphatic heterocycles. The van der Waals surface area contributed by atoms with Gasteiger partial charge in [0.05, 0.1) is 0 Å². The Bertz CT molecular complexity index is 198. The summed E-state index contributed by atoms with van der Waals surface area (Å²) >= 11 is 3.94. The molecule has 0 bridgehead atoms. The molecule has 5 heteroatoms. The maximum atomic E-state index is 11.2. The van der Waals surface area contributed by atoms with Crippen molar-refractivity contribution in [2.75, 3.05) is 12.3 Å². The van der Waals surface area contributed by atoms with Crippen LogP contribution in [0.5, 0.6) is 0 Å². The lowest BCUT2D eigenvalue weighted by molar-refractivity contribution is -0.120. The first-order valence-electron chi connectivity index (χ1n) is 5.39. The van der Waals surface area contributed by atoms with Gasteiger partial charge >= 0.3 is 6.03 Å². The molecule has 0 atom stereocenters. The molecule has 2 N–H and O–H groups in total. The lowest BCUT2D eigenvalue weighted by Crippen LogP contribution is -2.40. The Morgan fingerprint density at radius 3 is 2.53 bits per heavy atom. The second-order valence-electron chi connectivity index (χ2n) is 3.34. The number of carbonyl (C=O) groups is 2. The molecule has 0 aromatic rings. The highest BCUT2D eigenvalue weighted by Gasteiger charge is 2.05. The Morgan fingerprint density at radius 1 is 1.20 bits per heavy atom. The molecule has 88 valence electrons. The van der Waals surface area contributed by atoms with Gasteiger partial charge in [-0.3, -0.25) is 10.1 Å². The Morgan fingerprint density at radius 2 is 1.93 bits per heavy atom. The number of imide groups is 1. The Balaban J connectivity index is 3.43. The monoisotopic (exact) mass is 232 g/mol. The number of amides is 3. The van der Waals surface area contributed by atoms with E-state index in [1.165, 1.54) is 0 Å². The molecule has 0 radical (unpaired) electrons. The lowest BCUT2D eigenvalue weighted by Gasteiger charge is -2.04. The summed E-state index contributed by atoms with van der Waals surface area (Å²) in [7, 11) is 0. The van der Waals surface area contributed by atoms with E-state index in [-0.39, 0.29) is 5.91 Å². The van der Waals surface area contributed by atoms with Crippen LogP contribution in [-0.2, 0) is 4.79 Å². The number of urea groups is 1. The fourth-order valence-corrected chi connectivity index (χ4v) is 1.23. The molecule has 0 saturated heterocycles. The Kier molecular flexibility index (Phi) is 9.36. The van der Waals surface area contributed by atoms with Crippen molar-refractivity contribution in [2.45, 2.75) is 39.0 Å². The summed E-state index contributed by atoms with van der Waals surface area (Å²) in [5, 5.41) is 4.79. The molecule has 0 aliphatic rings. The van der Waals surface area contributed by atoms with Crippen LogP contribution in [0.4, 0.5) is 4.79 Å². The molecule has 0 heterocycles. The predicted molar refractivity (Wildman–Crippen MR) is 64.2 cm³/mol. The zero-order chi connectivity index (χ0) is 11.5. The molecule has 0 fully saturated rings. The van der Waals surface area contributed by atoms with Crippen LogP contribution in [0.1, 0.15) is 39.0 Å². The van der Waals surface area contributed by atoms with Gasteiger partial charge in [0.1, 0.15) is 0 Å². The van der Waals surface area contributed by atoms with Crippen molar-refractivity contribution in [1.82, 2.24) is 10.6 Å². The summed E-state index contributed by atoms with van der Waals surface area (Å²) in [6, 6.07) is -0.426. The van der Waals surface area contributed by atoms with Crippen LogP contribution in [0.15, 0.2) is 0 Å². The van der Waals surface area contributed by atoms with E-state index in [0.29, 0.717) is 18.7 Å². The molecule has 0 saturated carbocycles. The normalized spacial score (nSPS) is 9.73. The molecule has 0 aromatic heterocycles. The second-order valence-corrected chi connectivity index (χ2v) is 3.79. The second kappa shape index (κ2) is 9.83. The van der Waals surface area contributed by atoms with E-state index >= 15 is 0 Å². The maximum Gasteiger partial charge on any atom is 0.321 e. The van der Waals surface area contributed by atoms with Gasteiger partial charge in [0, 0.05) is 18.7 Å². The number of hydrogen-bond acceptors (Lipinski definition) is 3. The van der Waals surface area contributed by atoms with Gasteiger partial charge in [0.15, 0.2) is 0 Å². The van der Waals surface area contributed by atoms with Crippen molar-refractivity contribution in [1.29, 1.82) is 0 Å². The fourth-order valence-electron chi connectivity index (χ4n) is 1.12. The molecular weight excluding hydrogens is 212 g/mol. The SMILES string of the molecule is CCCCCCC(=O)NC(=O)NCCS. The lowest BCUT2D eigenvalue weighted by atomic mass is 10.1. The van der Waals surface area contributed by atoms with Crippen LogP contribution in [0, 0.1) is 0 Å². The van der Waals surface area contributed by atoms with Crippen LogP contribution < -0.4 is 10.6 Å². The number of thiol groups is 1. The van der Waals surface area contributed by atoms with Gasteiger partial charge in [-0.15, -0.1) is 0 Å². The molecule has 0 rings (SSSR count). The van der Waals surface area contributed by atoms with Crippen LogP contribution in [0.2, 0.25) is 0 Å². The van der Waals surface area contributed by atoms with Gasteiger partial charge in [-0.1, -0.05) is 26.2 Å². The summed E-state index contributed by atoms with van der Waals surface area (Å²) in [5.41, 5.74) is 0. The predicted octanol–water partition coefficient (Wildman–Crippen LogP) is 1.71. The van der Waals surface area contributed by atoms with Gasteiger partial charge in [-0.25, -0.2) is 4.79 Å². The fraction of sp³-hybridized carbons (Fsp3) is 0.800. The van der Waals surface area contributed by atoms with E-state index in [4.69, 9.17) is 0 Å². The van der Waals surface area contributed by atoms with Crippen molar-refractivity contribution >= 4 is 24.6 Å². The number of carbonyl (C=O) groups excluding carboxylic acids is 2. The van der Waals surface area contributed by atoms with E-state index < -0.39 is 6.03 Å². The molecule has 0 aliphatic carbocycles. The Labute approximate surface area is 96.6 Å². The minimum Gasteiger partial charge on any atom is -0.337 e. The van der Waals surface area contributed by atoms with Crippen LogP contribution in [-0.4, -0.2) is 24.2 Å². The number of nitrogens with one attached hydrogen (secondary N) is 2. The highest BCUT2D eigenvalue weighted by molar-refractivity contribution is 7.80. The largest absolute Gasteiger partial charge is 0.337 e. The van der Waals surface area contributed by atoms with Gasteiger partial charge in [0.25, 0.3) is 0 Å². The summed E-state index contributed by atoms with van der Waals surface area (Å²) < 4.78 is 0. The third-order valence-corrected chi connectivity index (χ3v) is 2.13. The van der Waals surface area contributed by atoms with Gasteiger partial charge in [0.2, 0.25) is 5.91 Å². The van der Waals surface area contributed by atoms with Crippen molar-refractivity contribution in [2.24, 2.45) is 0 Å². The third kappa shape index (κ3) is 9.59. The molecule has 0 spiro atoms. The summed E-state index contributed by atoms with van der Waals surface area (Å²) in [5.74, 6) is 0.362. The molecule has 3 amide bonds. The molecular formula is C10H20N2O2S. The first-order chi connectivity index (χ1) is 7.20. The first kappa shape index (κ1) is 14.3. The minimum atomic E-state index is -0.426. The third-order valence-electron chi connectivity index (χ3n) is 1.91. The van der Waals surface area contributed by atoms with E-state index in [1.54, 1.807) is 0 Å². The van der Waals surface area contributed by atoms with Gasteiger partial charge < -0.3 is 5.32 Å². The summed E-state index contributed by atoms with van der Waals surface area (Å²) in [6.07, 6.45) is 4.60. The van der Waals surface area contributed by atoms with Crippen molar-refractivity contribution in [3.8, 4) is 0 Å². The van der Waals surface area contributed by atoms with Crippen molar-refractivity contribution in [3.63, 3.8) is 0 Å².